The molecule has 0 heterocycles. The fraction of sp³-hybridized carbons (Fsp3) is 0.133. The minimum Gasteiger partial charge on any atom is -0.367 e. The van der Waals surface area contributed by atoms with Gasteiger partial charge < -0.3 is 10.4 Å². The lowest BCUT2D eigenvalue weighted by Gasteiger charge is -2.26. The summed E-state index contributed by atoms with van der Waals surface area (Å²) in [6.45, 7) is 0. The predicted octanol–water partition coefficient (Wildman–Crippen LogP) is 2.37. The van der Waals surface area contributed by atoms with Gasteiger partial charge in [0.2, 0.25) is 4.93 Å². The first kappa shape index (κ1) is 13.6. The highest BCUT2D eigenvalue weighted by molar-refractivity contribution is 8.00. The van der Waals surface area contributed by atoms with Crippen molar-refractivity contribution in [3.63, 3.8) is 0 Å². The van der Waals surface area contributed by atoms with Gasteiger partial charge in [-0.3, -0.25) is 4.79 Å². The van der Waals surface area contributed by atoms with Crippen LogP contribution in [-0.4, -0.2) is 18.1 Å². The number of aliphatic hydroxyl groups is 1. The molecule has 0 aliphatic carbocycles. The Labute approximate surface area is 116 Å². The minimum absolute atomic E-state index is 0.437. The highest BCUT2D eigenvalue weighted by Crippen LogP contribution is 2.39. The summed E-state index contributed by atoms with van der Waals surface area (Å²) in [6.07, 6.45) is 0. The van der Waals surface area contributed by atoms with Crippen LogP contribution in [0, 0.1) is 0 Å². The van der Waals surface area contributed by atoms with Crippen LogP contribution in [0.2, 0.25) is 0 Å². The van der Waals surface area contributed by atoms with Crippen molar-refractivity contribution in [2.75, 3.05) is 7.05 Å². The summed E-state index contributed by atoms with van der Waals surface area (Å²) in [5, 5.41) is 13.3. The molecule has 0 radical (unpaired) electrons. The van der Waals surface area contributed by atoms with Gasteiger partial charge in [-0.05, 0) is 12.1 Å². The van der Waals surface area contributed by atoms with Crippen LogP contribution in [-0.2, 0) is 9.73 Å². The number of amides is 1. The van der Waals surface area contributed by atoms with Crippen molar-refractivity contribution < 1.29 is 9.90 Å². The fourth-order valence-electron chi connectivity index (χ4n) is 1.73. The molecule has 4 heteroatoms. The molecule has 2 aromatic rings. The van der Waals surface area contributed by atoms with Crippen LogP contribution in [0.25, 0.3) is 0 Å². The summed E-state index contributed by atoms with van der Waals surface area (Å²) in [7, 11) is 1.52. The number of hydrogen-bond donors (Lipinski definition) is 2. The molecule has 0 bridgehead atoms. The molecule has 0 aliphatic heterocycles. The molecular weight excluding hydrogens is 258 g/mol. The second-order valence-corrected chi connectivity index (χ2v) is 5.27. The van der Waals surface area contributed by atoms with Crippen LogP contribution in [0.3, 0.4) is 0 Å². The van der Waals surface area contributed by atoms with Gasteiger partial charge in [-0.2, -0.15) is 0 Å². The number of hydrogen-bond acceptors (Lipinski definition) is 3. The third-order valence-corrected chi connectivity index (χ3v) is 3.93. The van der Waals surface area contributed by atoms with E-state index in [0.717, 1.165) is 16.7 Å². The van der Waals surface area contributed by atoms with Gasteiger partial charge in [-0.15, -0.1) is 0 Å². The van der Waals surface area contributed by atoms with Gasteiger partial charge in [-0.25, -0.2) is 0 Å². The Morgan fingerprint density at radius 1 is 1.05 bits per heavy atom. The van der Waals surface area contributed by atoms with Gasteiger partial charge in [0, 0.05) is 17.5 Å². The Morgan fingerprint density at radius 2 is 1.58 bits per heavy atom. The first-order valence-electron chi connectivity index (χ1n) is 5.91. The van der Waals surface area contributed by atoms with E-state index < -0.39 is 10.8 Å². The summed E-state index contributed by atoms with van der Waals surface area (Å²) in [5.41, 5.74) is 0.559. The van der Waals surface area contributed by atoms with Crippen molar-refractivity contribution in [3.05, 3.63) is 66.2 Å². The Kier molecular flexibility index (Phi) is 4.24. The van der Waals surface area contributed by atoms with Crippen LogP contribution in [0.15, 0.2) is 65.6 Å². The molecule has 1 unspecified atom stereocenters. The zero-order valence-electron chi connectivity index (χ0n) is 10.5. The van der Waals surface area contributed by atoms with Crippen molar-refractivity contribution >= 4 is 17.7 Å². The van der Waals surface area contributed by atoms with Gasteiger partial charge in [0.25, 0.3) is 5.91 Å². The maximum absolute atomic E-state index is 12.1. The Hall–Kier alpha value is -1.78. The number of benzene rings is 2. The van der Waals surface area contributed by atoms with Crippen molar-refractivity contribution in [3.8, 4) is 0 Å². The van der Waals surface area contributed by atoms with Gasteiger partial charge >= 0.3 is 0 Å². The quantitative estimate of drug-likeness (QED) is 0.664. The van der Waals surface area contributed by atoms with E-state index in [1.54, 1.807) is 24.3 Å². The lowest BCUT2D eigenvalue weighted by atomic mass is 10.1. The zero-order chi connectivity index (χ0) is 13.7. The summed E-state index contributed by atoms with van der Waals surface area (Å²) >= 11 is 1.12. The van der Waals surface area contributed by atoms with E-state index in [0.29, 0.717) is 5.56 Å². The highest BCUT2D eigenvalue weighted by Gasteiger charge is 2.38. The molecule has 0 spiro atoms. The van der Waals surface area contributed by atoms with Crippen LogP contribution < -0.4 is 5.32 Å². The van der Waals surface area contributed by atoms with Crippen molar-refractivity contribution in [1.29, 1.82) is 0 Å². The molecular formula is C15H15NO2S. The molecule has 0 aromatic heterocycles. The molecule has 19 heavy (non-hydrogen) atoms. The van der Waals surface area contributed by atoms with E-state index in [1.807, 2.05) is 36.4 Å². The normalized spacial score (nSPS) is 13.6. The average molecular weight is 273 g/mol. The monoisotopic (exact) mass is 273 g/mol. The standard InChI is InChI=1S/C15H15NO2S/c1-16-14(17)15(18,12-8-4-2-5-9-12)19-13-10-6-3-7-11-13/h2-11,18H,1H3,(H,16,17). The molecule has 2 aromatic carbocycles. The van der Waals surface area contributed by atoms with E-state index in [4.69, 9.17) is 0 Å². The Bertz CT molecular complexity index is 545. The number of rotatable bonds is 4. The van der Waals surface area contributed by atoms with Crippen LogP contribution in [0.5, 0.6) is 0 Å². The first-order chi connectivity index (χ1) is 9.16. The number of nitrogens with one attached hydrogen (secondary N) is 1. The lowest BCUT2D eigenvalue weighted by molar-refractivity contribution is -0.131. The van der Waals surface area contributed by atoms with Gasteiger partial charge in [0.15, 0.2) is 0 Å². The van der Waals surface area contributed by atoms with Crippen molar-refractivity contribution in [2.24, 2.45) is 0 Å². The van der Waals surface area contributed by atoms with Gasteiger partial charge in [-0.1, -0.05) is 60.3 Å². The maximum atomic E-state index is 12.1. The molecule has 98 valence electrons. The fourth-order valence-corrected chi connectivity index (χ4v) is 2.81. The lowest BCUT2D eigenvalue weighted by Crippen LogP contribution is -2.40. The predicted molar refractivity (Wildman–Crippen MR) is 76.7 cm³/mol. The maximum Gasteiger partial charge on any atom is 0.267 e. The SMILES string of the molecule is CNC(=O)C(O)(Sc1ccccc1)c1ccccc1. The second-order valence-electron chi connectivity index (χ2n) is 4.00. The van der Waals surface area contributed by atoms with Crippen LogP contribution >= 0.6 is 11.8 Å². The molecule has 0 saturated carbocycles. The molecule has 0 saturated heterocycles. The smallest absolute Gasteiger partial charge is 0.267 e. The summed E-state index contributed by atoms with van der Waals surface area (Å²) in [4.78, 5) is 11.3. The zero-order valence-corrected chi connectivity index (χ0v) is 11.4. The van der Waals surface area contributed by atoms with Crippen molar-refractivity contribution in [1.82, 2.24) is 5.32 Å². The summed E-state index contributed by atoms with van der Waals surface area (Å²) in [6, 6.07) is 18.3. The van der Waals surface area contributed by atoms with Crippen LogP contribution in [0.4, 0.5) is 0 Å². The van der Waals surface area contributed by atoms with E-state index in [-0.39, 0.29) is 0 Å². The second kappa shape index (κ2) is 5.91. The molecule has 1 amide bonds. The van der Waals surface area contributed by atoms with E-state index in [1.165, 1.54) is 7.05 Å². The minimum atomic E-state index is -1.63. The number of likely N-dealkylation sites (N-methyl/N-ethyl adjacent to an activating group) is 1. The first-order valence-corrected chi connectivity index (χ1v) is 6.72. The molecule has 0 fully saturated rings. The Morgan fingerprint density at radius 3 is 2.11 bits per heavy atom. The Balaban J connectivity index is 2.39. The third-order valence-electron chi connectivity index (χ3n) is 2.71. The van der Waals surface area contributed by atoms with Crippen LogP contribution in [0.1, 0.15) is 5.56 Å². The number of thioether (sulfide) groups is 1. The van der Waals surface area contributed by atoms with E-state index >= 15 is 0 Å². The van der Waals surface area contributed by atoms with E-state index in [2.05, 4.69) is 5.32 Å². The molecule has 2 N–H and O–H groups in total. The van der Waals surface area contributed by atoms with Gasteiger partial charge in [0.05, 0.1) is 0 Å². The molecule has 1 atom stereocenters. The number of carbonyl (C=O) groups excluding carboxylic acids is 1. The number of carbonyl (C=O) groups is 1. The summed E-state index contributed by atoms with van der Waals surface area (Å²) < 4.78 is 0. The highest BCUT2D eigenvalue weighted by atomic mass is 32.2. The largest absolute Gasteiger partial charge is 0.367 e. The summed E-state index contributed by atoms with van der Waals surface area (Å²) in [5.74, 6) is -0.437. The average Bonchev–Trinajstić information content (AvgIpc) is 2.48. The topological polar surface area (TPSA) is 49.3 Å². The molecule has 0 aliphatic rings. The van der Waals surface area contributed by atoms with E-state index in [9.17, 15) is 9.90 Å². The molecule has 2 rings (SSSR count). The third kappa shape index (κ3) is 2.97. The van der Waals surface area contributed by atoms with Crippen molar-refractivity contribution in [2.45, 2.75) is 9.83 Å². The van der Waals surface area contributed by atoms with Gasteiger partial charge in [0.1, 0.15) is 0 Å². The molecule has 3 nitrogen and oxygen atoms in total.